The molecule has 0 atom stereocenters. The van der Waals surface area contributed by atoms with Gasteiger partial charge < -0.3 is 5.32 Å². The Kier molecular flexibility index (Phi) is 3.95. The molecule has 1 aromatic heterocycles. The van der Waals surface area contributed by atoms with Crippen molar-refractivity contribution in [2.75, 3.05) is 6.54 Å². The van der Waals surface area contributed by atoms with Crippen molar-refractivity contribution < 1.29 is 4.79 Å². The second-order valence-corrected chi connectivity index (χ2v) is 9.12. The van der Waals surface area contributed by atoms with Gasteiger partial charge in [0.1, 0.15) is 6.54 Å². The molecule has 22 heavy (non-hydrogen) atoms. The summed E-state index contributed by atoms with van der Waals surface area (Å²) in [5.74, 6) is 3.07. The third-order valence-corrected chi connectivity index (χ3v) is 6.61. The van der Waals surface area contributed by atoms with Gasteiger partial charge in [-0.3, -0.25) is 9.48 Å². The number of rotatable bonds is 5. The number of hydrogen-bond acceptors (Lipinski definition) is 2. The van der Waals surface area contributed by atoms with Crippen LogP contribution in [0.3, 0.4) is 0 Å². The molecule has 5 rings (SSSR count). The highest BCUT2D eigenvalue weighted by Crippen LogP contribution is 2.61. The van der Waals surface area contributed by atoms with Gasteiger partial charge in [-0.15, -0.1) is 0 Å². The SMILES string of the molecule is O=C(Cn1cc(I)cn1)NCCC12CC3CC(CC(C3)C1)C2. The maximum Gasteiger partial charge on any atom is 0.241 e. The van der Waals surface area contributed by atoms with E-state index in [1.54, 1.807) is 10.9 Å². The van der Waals surface area contributed by atoms with Crippen LogP contribution in [0, 0.1) is 26.7 Å². The smallest absolute Gasteiger partial charge is 0.241 e. The zero-order chi connectivity index (χ0) is 15.2. The molecule has 4 nitrogen and oxygen atoms in total. The predicted molar refractivity (Wildman–Crippen MR) is 93.2 cm³/mol. The first kappa shape index (κ1) is 15.0. The molecule has 4 saturated carbocycles. The minimum atomic E-state index is 0.0872. The van der Waals surface area contributed by atoms with Gasteiger partial charge in [0.25, 0.3) is 0 Å². The number of carbonyl (C=O) groups excluding carboxylic acids is 1. The molecule has 1 N–H and O–H groups in total. The predicted octanol–water partition coefficient (Wildman–Crippen LogP) is 3.21. The Morgan fingerprint density at radius 2 is 1.91 bits per heavy atom. The zero-order valence-electron chi connectivity index (χ0n) is 12.9. The fraction of sp³-hybridized carbons (Fsp3) is 0.765. The van der Waals surface area contributed by atoms with Gasteiger partial charge in [0, 0.05) is 12.7 Å². The molecule has 4 aliphatic rings. The molecule has 0 radical (unpaired) electrons. The Hall–Kier alpha value is -0.590. The fourth-order valence-corrected chi connectivity index (χ4v) is 6.14. The van der Waals surface area contributed by atoms with E-state index in [-0.39, 0.29) is 5.91 Å². The number of carbonyl (C=O) groups is 1. The number of nitrogens with zero attached hydrogens (tertiary/aromatic N) is 2. The maximum absolute atomic E-state index is 12.0. The van der Waals surface area contributed by atoms with Crippen LogP contribution in [-0.4, -0.2) is 22.2 Å². The standard InChI is InChI=1S/C17H24IN3O/c18-15-9-20-21(10-15)11-16(22)19-2-1-17-6-12-3-13(7-17)5-14(4-12)8-17/h9-10,12-14H,1-8,11H2,(H,19,22). The maximum atomic E-state index is 12.0. The Morgan fingerprint density at radius 3 is 2.45 bits per heavy atom. The van der Waals surface area contributed by atoms with Crippen molar-refractivity contribution in [1.29, 1.82) is 0 Å². The van der Waals surface area contributed by atoms with Crippen LogP contribution in [0.5, 0.6) is 0 Å². The summed E-state index contributed by atoms with van der Waals surface area (Å²) in [6.45, 7) is 1.17. The van der Waals surface area contributed by atoms with Crippen LogP contribution < -0.4 is 5.32 Å². The normalized spacial score (nSPS) is 35.8. The van der Waals surface area contributed by atoms with E-state index in [1.807, 2.05) is 6.20 Å². The molecule has 0 aromatic carbocycles. The minimum absolute atomic E-state index is 0.0872. The van der Waals surface area contributed by atoms with E-state index in [0.717, 1.165) is 27.9 Å². The summed E-state index contributed by atoms with van der Waals surface area (Å²) < 4.78 is 2.78. The summed E-state index contributed by atoms with van der Waals surface area (Å²) in [4.78, 5) is 12.0. The second-order valence-electron chi connectivity index (χ2n) is 7.87. The lowest BCUT2D eigenvalue weighted by Gasteiger charge is -2.57. The van der Waals surface area contributed by atoms with Gasteiger partial charge in [0.05, 0.1) is 9.77 Å². The van der Waals surface area contributed by atoms with Crippen LogP contribution in [0.2, 0.25) is 0 Å². The largest absolute Gasteiger partial charge is 0.354 e. The lowest BCUT2D eigenvalue weighted by Crippen LogP contribution is -2.47. The van der Waals surface area contributed by atoms with Gasteiger partial charge in [0.15, 0.2) is 0 Å². The molecule has 5 heteroatoms. The second kappa shape index (κ2) is 5.80. The summed E-state index contributed by atoms with van der Waals surface area (Å²) in [7, 11) is 0. The first-order valence-corrected chi connectivity index (χ1v) is 9.63. The monoisotopic (exact) mass is 413 g/mol. The van der Waals surface area contributed by atoms with Crippen LogP contribution in [0.4, 0.5) is 0 Å². The summed E-state index contributed by atoms with van der Waals surface area (Å²) in [5, 5.41) is 7.28. The molecular weight excluding hydrogens is 389 g/mol. The van der Waals surface area contributed by atoms with Crippen LogP contribution in [0.1, 0.15) is 44.9 Å². The Balaban J connectivity index is 1.27. The molecule has 1 heterocycles. The molecule has 120 valence electrons. The van der Waals surface area contributed by atoms with Gasteiger partial charge >= 0.3 is 0 Å². The van der Waals surface area contributed by atoms with E-state index in [2.05, 4.69) is 33.0 Å². The highest BCUT2D eigenvalue weighted by atomic mass is 127. The third-order valence-electron chi connectivity index (χ3n) is 6.05. The number of aromatic nitrogens is 2. The number of amides is 1. The van der Waals surface area contributed by atoms with E-state index >= 15 is 0 Å². The van der Waals surface area contributed by atoms with Crippen molar-refractivity contribution in [2.45, 2.75) is 51.5 Å². The molecule has 0 unspecified atom stereocenters. The highest BCUT2D eigenvalue weighted by Gasteiger charge is 2.50. The van der Waals surface area contributed by atoms with E-state index in [4.69, 9.17) is 0 Å². The van der Waals surface area contributed by atoms with Crippen molar-refractivity contribution in [1.82, 2.24) is 15.1 Å². The van der Waals surface area contributed by atoms with E-state index in [0.29, 0.717) is 12.0 Å². The van der Waals surface area contributed by atoms with E-state index < -0.39 is 0 Å². The highest BCUT2D eigenvalue weighted by molar-refractivity contribution is 14.1. The zero-order valence-corrected chi connectivity index (χ0v) is 15.1. The molecule has 4 fully saturated rings. The lowest BCUT2D eigenvalue weighted by molar-refractivity contribution is -0.122. The Bertz CT molecular complexity index is 533. The molecule has 0 spiro atoms. The van der Waals surface area contributed by atoms with Crippen LogP contribution in [0.25, 0.3) is 0 Å². The lowest BCUT2D eigenvalue weighted by atomic mass is 9.49. The van der Waals surface area contributed by atoms with E-state index in [1.165, 1.54) is 44.9 Å². The van der Waals surface area contributed by atoms with Crippen LogP contribution in [0.15, 0.2) is 12.4 Å². The van der Waals surface area contributed by atoms with Gasteiger partial charge in [-0.05, 0) is 90.7 Å². The van der Waals surface area contributed by atoms with E-state index in [9.17, 15) is 4.79 Å². The summed E-state index contributed by atoms with van der Waals surface area (Å²) in [6, 6.07) is 0. The van der Waals surface area contributed by atoms with Crippen LogP contribution in [-0.2, 0) is 11.3 Å². The van der Waals surface area contributed by atoms with Gasteiger partial charge in [0.2, 0.25) is 5.91 Å². The number of hydrogen-bond donors (Lipinski definition) is 1. The summed E-state index contributed by atoms with van der Waals surface area (Å²) in [5.41, 5.74) is 0.559. The third kappa shape index (κ3) is 3.05. The molecule has 1 aromatic rings. The van der Waals surface area contributed by atoms with Gasteiger partial charge in [-0.1, -0.05) is 0 Å². The van der Waals surface area contributed by atoms with Crippen molar-refractivity contribution in [3.05, 3.63) is 16.0 Å². The first-order chi connectivity index (χ1) is 10.6. The molecule has 4 bridgehead atoms. The average Bonchev–Trinajstić information content (AvgIpc) is 2.82. The Morgan fingerprint density at radius 1 is 1.27 bits per heavy atom. The molecule has 4 aliphatic carbocycles. The molecule has 0 aliphatic heterocycles. The number of halogens is 1. The first-order valence-electron chi connectivity index (χ1n) is 8.55. The topological polar surface area (TPSA) is 46.9 Å². The fourth-order valence-electron chi connectivity index (χ4n) is 5.69. The van der Waals surface area contributed by atoms with Gasteiger partial charge in [-0.2, -0.15) is 5.10 Å². The molecular formula is C17H24IN3O. The van der Waals surface area contributed by atoms with Crippen molar-refractivity contribution in [3.8, 4) is 0 Å². The van der Waals surface area contributed by atoms with Crippen molar-refractivity contribution in [2.24, 2.45) is 23.2 Å². The molecule has 1 amide bonds. The van der Waals surface area contributed by atoms with Crippen molar-refractivity contribution in [3.63, 3.8) is 0 Å². The Labute approximate surface area is 145 Å². The van der Waals surface area contributed by atoms with Crippen LogP contribution >= 0.6 is 22.6 Å². The summed E-state index contributed by atoms with van der Waals surface area (Å²) >= 11 is 2.21. The number of nitrogens with one attached hydrogen (secondary N) is 1. The quantitative estimate of drug-likeness (QED) is 0.754. The molecule has 0 saturated heterocycles. The minimum Gasteiger partial charge on any atom is -0.354 e. The van der Waals surface area contributed by atoms with Crippen molar-refractivity contribution >= 4 is 28.5 Å². The average molecular weight is 413 g/mol. The van der Waals surface area contributed by atoms with Gasteiger partial charge in [-0.25, -0.2) is 0 Å². The summed E-state index contributed by atoms with van der Waals surface area (Å²) in [6.07, 6.45) is 13.6.